The molecule has 0 aromatic heterocycles. The molecule has 0 heteroatoms. The normalized spacial score (nSPS) is 13.3. The summed E-state index contributed by atoms with van der Waals surface area (Å²) in [5, 5.41) is 0. The SMILES string of the molecule is CC/C=C\C/C=C\C/C=C\CCCCCC(C)(C)C. The second-order valence-electron chi connectivity index (χ2n) is 6.45. The van der Waals surface area contributed by atoms with E-state index in [4.69, 9.17) is 0 Å². The largest absolute Gasteiger partial charge is 0.0885 e. The molecular formula is C19H34. The fourth-order valence-electron chi connectivity index (χ4n) is 1.92. The Hall–Kier alpha value is -0.780. The van der Waals surface area contributed by atoms with Gasteiger partial charge in [-0.1, -0.05) is 77.0 Å². The predicted octanol–water partition coefficient (Wildman–Crippen LogP) is 6.84. The summed E-state index contributed by atoms with van der Waals surface area (Å²) in [5.41, 5.74) is 0.507. The first-order valence-electron chi connectivity index (χ1n) is 8.01. The molecule has 0 saturated carbocycles. The summed E-state index contributed by atoms with van der Waals surface area (Å²) in [6, 6.07) is 0. The van der Waals surface area contributed by atoms with E-state index in [0.29, 0.717) is 5.41 Å². The topological polar surface area (TPSA) is 0 Å². The van der Waals surface area contributed by atoms with Crippen LogP contribution in [-0.2, 0) is 0 Å². The fourth-order valence-corrected chi connectivity index (χ4v) is 1.92. The minimum atomic E-state index is 0.507. The van der Waals surface area contributed by atoms with Crippen molar-refractivity contribution in [3.05, 3.63) is 36.5 Å². The van der Waals surface area contributed by atoms with Crippen molar-refractivity contribution in [3.8, 4) is 0 Å². The molecule has 0 aliphatic rings. The van der Waals surface area contributed by atoms with Gasteiger partial charge in [-0.25, -0.2) is 0 Å². The first kappa shape index (κ1) is 18.2. The van der Waals surface area contributed by atoms with Gasteiger partial charge in [0, 0.05) is 0 Å². The van der Waals surface area contributed by atoms with E-state index in [2.05, 4.69) is 64.2 Å². The van der Waals surface area contributed by atoms with Crippen LogP contribution in [0.5, 0.6) is 0 Å². The molecule has 0 radical (unpaired) electrons. The smallest absolute Gasteiger partial charge is 0.0169 e. The molecule has 0 rings (SSSR count). The molecule has 0 bridgehead atoms. The molecule has 110 valence electrons. The molecule has 0 aromatic rings. The summed E-state index contributed by atoms with van der Waals surface area (Å²) in [4.78, 5) is 0. The van der Waals surface area contributed by atoms with E-state index in [9.17, 15) is 0 Å². The molecule has 0 N–H and O–H groups in total. The van der Waals surface area contributed by atoms with Crippen LogP contribution < -0.4 is 0 Å². The quantitative estimate of drug-likeness (QED) is 0.298. The van der Waals surface area contributed by atoms with Crippen LogP contribution in [0.2, 0.25) is 0 Å². The van der Waals surface area contributed by atoms with Crippen LogP contribution in [-0.4, -0.2) is 0 Å². The number of unbranched alkanes of at least 4 members (excludes halogenated alkanes) is 3. The lowest BCUT2D eigenvalue weighted by Gasteiger charge is -2.17. The molecule has 0 aliphatic heterocycles. The average molecular weight is 262 g/mol. The van der Waals surface area contributed by atoms with Crippen molar-refractivity contribution in [2.24, 2.45) is 5.41 Å². The van der Waals surface area contributed by atoms with E-state index in [0.717, 1.165) is 19.3 Å². The Morgan fingerprint density at radius 2 is 1.26 bits per heavy atom. The summed E-state index contributed by atoms with van der Waals surface area (Å²) < 4.78 is 0. The highest BCUT2D eigenvalue weighted by Crippen LogP contribution is 2.22. The molecule has 0 amide bonds. The highest BCUT2D eigenvalue weighted by Gasteiger charge is 2.08. The summed E-state index contributed by atoms with van der Waals surface area (Å²) in [6.07, 6.45) is 23.6. The Morgan fingerprint density at radius 3 is 1.84 bits per heavy atom. The van der Waals surface area contributed by atoms with Crippen LogP contribution in [0.1, 0.15) is 79.1 Å². The Balaban J connectivity index is 3.33. The third-order valence-electron chi connectivity index (χ3n) is 3.08. The van der Waals surface area contributed by atoms with E-state index < -0.39 is 0 Å². The van der Waals surface area contributed by atoms with Gasteiger partial charge in [0.25, 0.3) is 0 Å². The van der Waals surface area contributed by atoms with Crippen LogP contribution in [0.3, 0.4) is 0 Å². The zero-order valence-corrected chi connectivity index (χ0v) is 13.6. The van der Waals surface area contributed by atoms with Crippen molar-refractivity contribution >= 4 is 0 Å². The Kier molecular flexibility index (Phi) is 11.8. The molecule has 19 heavy (non-hydrogen) atoms. The fraction of sp³-hybridized carbons (Fsp3) is 0.684. The summed E-state index contributed by atoms with van der Waals surface area (Å²) in [5.74, 6) is 0. The molecule has 0 unspecified atom stereocenters. The lowest BCUT2D eigenvalue weighted by molar-refractivity contribution is 0.358. The summed E-state index contributed by atoms with van der Waals surface area (Å²) >= 11 is 0. The molecule has 0 heterocycles. The van der Waals surface area contributed by atoms with E-state index >= 15 is 0 Å². The van der Waals surface area contributed by atoms with Gasteiger partial charge in [0.05, 0.1) is 0 Å². The van der Waals surface area contributed by atoms with E-state index in [-0.39, 0.29) is 0 Å². The van der Waals surface area contributed by atoms with Gasteiger partial charge in [-0.05, 0) is 43.9 Å². The standard InChI is InChI=1S/C19H34/c1-5-6-7-8-9-10-11-12-13-14-15-16-17-18-19(2,3)4/h6-7,9-10,12-13H,5,8,11,14-18H2,1-4H3/b7-6-,10-9-,13-12-. The molecule has 0 spiro atoms. The van der Waals surface area contributed by atoms with Gasteiger partial charge >= 0.3 is 0 Å². The van der Waals surface area contributed by atoms with Gasteiger partial charge in [-0.15, -0.1) is 0 Å². The Morgan fingerprint density at radius 1 is 0.684 bits per heavy atom. The van der Waals surface area contributed by atoms with E-state index in [1.165, 1.54) is 32.1 Å². The Bertz CT molecular complexity index is 260. The maximum Gasteiger partial charge on any atom is -0.0169 e. The number of allylic oxidation sites excluding steroid dienone is 6. The third kappa shape index (κ3) is 17.2. The minimum absolute atomic E-state index is 0.507. The summed E-state index contributed by atoms with van der Waals surface area (Å²) in [7, 11) is 0. The van der Waals surface area contributed by atoms with Crippen molar-refractivity contribution < 1.29 is 0 Å². The monoisotopic (exact) mass is 262 g/mol. The van der Waals surface area contributed by atoms with Gasteiger partial charge in [0.1, 0.15) is 0 Å². The lowest BCUT2D eigenvalue weighted by atomic mass is 9.89. The van der Waals surface area contributed by atoms with Gasteiger partial charge in [0.2, 0.25) is 0 Å². The third-order valence-corrected chi connectivity index (χ3v) is 3.08. The maximum atomic E-state index is 2.34. The van der Waals surface area contributed by atoms with E-state index in [1.807, 2.05) is 0 Å². The van der Waals surface area contributed by atoms with Gasteiger partial charge in [-0.2, -0.15) is 0 Å². The van der Waals surface area contributed by atoms with Crippen molar-refractivity contribution in [2.45, 2.75) is 79.1 Å². The Labute approximate surface area is 121 Å². The molecule has 0 fully saturated rings. The number of hydrogen-bond acceptors (Lipinski definition) is 0. The molecule has 0 nitrogen and oxygen atoms in total. The van der Waals surface area contributed by atoms with Crippen molar-refractivity contribution in [1.82, 2.24) is 0 Å². The highest BCUT2D eigenvalue weighted by molar-refractivity contribution is 4.96. The summed E-state index contributed by atoms with van der Waals surface area (Å²) in [6.45, 7) is 9.16. The van der Waals surface area contributed by atoms with Crippen LogP contribution in [0.4, 0.5) is 0 Å². The van der Waals surface area contributed by atoms with Gasteiger partial charge in [0.15, 0.2) is 0 Å². The van der Waals surface area contributed by atoms with Gasteiger partial charge < -0.3 is 0 Å². The maximum absolute atomic E-state index is 2.34. The minimum Gasteiger partial charge on any atom is -0.0885 e. The molecule has 0 saturated heterocycles. The second kappa shape index (κ2) is 12.3. The van der Waals surface area contributed by atoms with Crippen LogP contribution in [0.25, 0.3) is 0 Å². The lowest BCUT2D eigenvalue weighted by Crippen LogP contribution is -2.03. The highest BCUT2D eigenvalue weighted by atomic mass is 14.1. The van der Waals surface area contributed by atoms with Crippen molar-refractivity contribution in [3.63, 3.8) is 0 Å². The van der Waals surface area contributed by atoms with Crippen molar-refractivity contribution in [1.29, 1.82) is 0 Å². The van der Waals surface area contributed by atoms with Crippen LogP contribution in [0, 0.1) is 5.41 Å². The molecular weight excluding hydrogens is 228 g/mol. The zero-order chi connectivity index (χ0) is 14.4. The zero-order valence-electron chi connectivity index (χ0n) is 13.6. The van der Waals surface area contributed by atoms with Crippen LogP contribution >= 0.6 is 0 Å². The van der Waals surface area contributed by atoms with Crippen molar-refractivity contribution in [2.75, 3.05) is 0 Å². The first-order valence-corrected chi connectivity index (χ1v) is 8.01. The number of hydrogen-bond donors (Lipinski definition) is 0. The van der Waals surface area contributed by atoms with Gasteiger partial charge in [-0.3, -0.25) is 0 Å². The van der Waals surface area contributed by atoms with E-state index in [1.54, 1.807) is 0 Å². The molecule has 0 atom stereocenters. The molecule has 0 aromatic carbocycles. The average Bonchev–Trinajstić information content (AvgIpc) is 2.34. The van der Waals surface area contributed by atoms with Crippen LogP contribution in [0.15, 0.2) is 36.5 Å². The number of rotatable bonds is 10. The second-order valence-corrected chi connectivity index (χ2v) is 6.45. The molecule has 0 aliphatic carbocycles. The predicted molar refractivity (Wildman–Crippen MR) is 89.5 cm³/mol. The first-order chi connectivity index (χ1) is 9.06.